The molecule has 0 aliphatic heterocycles. The highest BCUT2D eigenvalue weighted by Crippen LogP contribution is 2.61. The molecule has 4 bridgehead atoms. The Labute approximate surface area is 100 Å². The van der Waals surface area contributed by atoms with E-state index in [0.717, 1.165) is 30.3 Å². The lowest BCUT2D eigenvalue weighted by atomic mass is 9.47. The van der Waals surface area contributed by atoms with Crippen LogP contribution >= 0.6 is 0 Å². The predicted molar refractivity (Wildman–Crippen MR) is 68.4 cm³/mol. The second-order valence-electron chi connectivity index (χ2n) is 6.80. The fourth-order valence-corrected chi connectivity index (χ4v) is 5.64. The van der Waals surface area contributed by atoms with Crippen LogP contribution in [0.25, 0.3) is 0 Å². The number of nitrogens with one attached hydrogen (secondary N) is 1. The van der Waals surface area contributed by atoms with Crippen LogP contribution in [0.2, 0.25) is 0 Å². The average Bonchev–Trinajstić information content (AvgIpc) is 2.23. The molecule has 1 nitrogen and oxygen atoms in total. The van der Waals surface area contributed by atoms with E-state index >= 15 is 0 Å². The van der Waals surface area contributed by atoms with Crippen molar-refractivity contribution in [1.29, 1.82) is 0 Å². The fourth-order valence-electron chi connectivity index (χ4n) is 5.64. The summed E-state index contributed by atoms with van der Waals surface area (Å²) in [5, 5.41) is 3.79. The molecule has 4 rings (SSSR count). The van der Waals surface area contributed by atoms with Gasteiger partial charge >= 0.3 is 0 Å². The molecule has 4 saturated carbocycles. The summed E-state index contributed by atoms with van der Waals surface area (Å²) in [6.45, 7) is 5.80. The maximum atomic E-state index is 3.79. The molecule has 0 amide bonds. The summed E-state index contributed by atoms with van der Waals surface area (Å²) in [5.41, 5.74) is 0.708. The summed E-state index contributed by atoms with van der Waals surface area (Å²) in [4.78, 5) is 0. The van der Waals surface area contributed by atoms with E-state index in [1.807, 2.05) is 0 Å². The lowest BCUT2D eigenvalue weighted by molar-refractivity contribution is -0.0741. The molecule has 4 aliphatic rings. The van der Waals surface area contributed by atoms with Gasteiger partial charge in [-0.05, 0) is 74.7 Å². The summed E-state index contributed by atoms with van der Waals surface area (Å²) < 4.78 is 0. The normalized spacial score (nSPS) is 47.2. The lowest BCUT2D eigenvalue weighted by Gasteiger charge is -2.59. The molecule has 1 heteroatoms. The Kier molecular flexibility index (Phi) is 2.78. The number of hydrogen-bond acceptors (Lipinski definition) is 1. The molecule has 1 N–H and O–H groups in total. The third-order valence-electron chi connectivity index (χ3n) is 5.68. The standard InChI is InChI=1S/C15H27N/c1-3-14(16-4-2)15-8-11-5-12(9-15)7-13(6-11)10-15/h11-14,16H,3-10H2,1-2H3. The van der Waals surface area contributed by atoms with Gasteiger partial charge in [-0.3, -0.25) is 0 Å². The first kappa shape index (κ1) is 11.1. The van der Waals surface area contributed by atoms with E-state index in [0.29, 0.717) is 5.41 Å². The van der Waals surface area contributed by atoms with Gasteiger partial charge in [0.05, 0.1) is 0 Å². The van der Waals surface area contributed by atoms with Gasteiger partial charge in [0, 0.05) is 6.04 Å². The Morgan fingerprint density at radius 3 is 1.88 bits per heavy atom. The van der Waals surface area contributed by atoms with Crippen LogP contribution in [0, 0.1) is 23.2 Å². The van der Waals surface area contributed by atoms with Gasteiger partial charge in [-0.1, -0.05) is 13.8 Å². The third kappa shape index (κ3) is 1.63. The summed E-state index contributed by atoms with van der Waals surface area (Å²) >= 11 is 0. The maximum Gasteiger partial charge on any atom is 0.0121 e. The minimum absolute atomic E-state index is 0.708. The van der Waals surface area contributed by atoms with Gasteiger partial charge in [-0.2, -0.15) is 0 Å². The maximum absolute atomic E-state index is 3.79. The first-order chi connectivity index (χ1) is 7.75. The lowest BCUT2D eigenvalue weighted by Crippen LogP contribution is -2.55. The van der Waals surface area contributed by atoms with Gasteiger partial charge < -0.3 is 5.32 Å². The van der Waals surface area contributed by atoms with Crippen LogP contribution in [0.5, 0.6) is 0 Å². The monoisotopic (exact) mass is 221 g/mol. The second-order valence-corrected chi connectivity index (χ2v) is 6.80. The van der Waals surface area contributed by atoms with Crippen molar-refractivity contribution in [2.75, 3.05) is 6.54 Å². The summed E-state index contributed by atoms with van der Waals surface area (Å²) in [7, 11) is 0. The molecule has 1 atom stereocenters. The molecular formula is C15H27N. The predicted octanol–water partition coefficient (Wildman–Crippen LogP) is 3.59. The molecule has 0 spiro atoms. The van der Waals surface area contributed by atoms with Gasteiger partial charge in [-0.25, -0.2) is 0 Å². The van der Waals surface area contributed by atoms with Crippen LogP contribution in [0.1, 0.15) is 58.8 Å². The van der Waals surface area contributed by atoms with Crippen molar-refractivity contribution in [2.24, 2.45) is 23.2 Å². The molecule has 16 heavy (non-hydrogen) atoms. The Hall–Kier alpha value is -0.0400. The highest BCUT2D eigenvalue weighted by atomic mass is 14.9. The average molecular weight is 221 g/mol. The first-order valence-corrected chi connectivity index (χ1v) is 7.49. The molecule has 0 aromatic carbocycles. The molecule has 0 radical (unpaired) electrons. The van der Waals surface area contributed by atoms with Crippen molar-refractivity contribution >= 4 is 0 Å². The Morgan fingerprint density at radius 1 is 1.00 bits per heavy atom. The Bertz CT molecular complexity index is 223. The summed E-state index contributed by atoms with van der Waals surface area (Å²) in [5.74, 6) is 3.29. The van der Waals surface area contributed by atoms with Crippen LogP contribution in [0.4, 0.5) is 0 Å². The number of rotatable bonds is 4. The van der Waals surface area contributed by atoms with Crippen LogP contribution < -0.4 is 5.32 Å². The zero-order chi connectivity index (χ0) is 11.2. The van der Waals surface area contributed by atoms with Gasteiger partial charge in [0.1, 0.15) is 0 Å². The molecule has 92 valence electrons. The van der Waals surface area contributed by atoms with E-state index in [2.05, 4.69) is 19.2 Å². The van der Waals surface area contributed by atoms with Crippen LogP contribution in [0.3, 0.4) is 0 Å². The van der Waals surface area contributed by atoms with E-state index in [1.165, 1.54) is 6.42 Å². The topological polar surface area (TPSA) is 12.0 Å². The quantitative estimate of drug-likeness (QED) is 0.765. The van der Waals surface area contributed by atoms with Crippen molar-refractivity contribution in [1.82, 2.24) is 5.32 Å². The molecule has 0 aromatic heterocycles. The van der Waals surface area contributed by atoms with Gasteiger partial charge in [-0.15, -0.1) is 0 Å². The molecular weight excluding hydrogens is 194 g/mol. The molecule has 0 aromatic rings. The van der Waals surface area contributed by atoms with Crippen LogP contribution in [-0.2, 0) is 0 Å². The zero-order valence-electron chi connectivity index (χ0n) is 11.0. The highest BCUT2D eigenvalue weighted by molar-refractivity contribution is 5.05. The van der Waals surface area contributed by atoms with Crippen LogP contribution in [0.15, 0.2) is 0 Å². The van der Waals surface area contributed by atoms with Gasteiger partial charge in [0.15, 0.2) is 0 Å². The van der Waals surface area contributed by atoms with Crippen molar-refractivity contribution in [3.63, 3.8) is 0 Å². The summed E-state index contributed by atoms with van der Waals surface area (Å²) in [6.07, 6.45) is 10.7. The molecule has 0 heterocycles. The summed E-state index contributed by atoms with van der Waals surface area (Å²) in [6, 6.07) is 0.811. The fraction of sp³-hybridized carbons (Fsp3) is 1.00. The van der Waals surface area contributed by atoms with Crippen molar-refractivity contribution in [3.8, 4) is 0 Å². The van der Waals surface area contributed by atoms with Crippen LogP contribution in [-0.4, -0.2) is 12.6 Å². The highest BCUT2D eigenvalue weighted by Gasteiger charge is 2.53. The van der Waals surface area contributed by atoms with E-state index in [9.17, 15) is 0 Å². The Balaban J connectivity index is 1.81. The smallest absolute Gasteiger partial charge is 0.0121 e. The van der Waals surface area contributed by atoms with E-state index in [1.54, 1.807) is 38.5 Å². The van der Waals surface area contributed by atoms with Gasteiger partial charge in [0.2, 0.25) is 0 Å². The minimum atomic E-state index is 0.708. The van der Waals surface area contributed by atoms with E-state index in [4.69, 9.17) is 0 Å². The Morgan fingerprint density at radius 2 is 1.50 bits per heavy atom. The molecule has 4 aliphatic carbocycles. The largest absolute Gasteiger partial charge is 0.314 e. The SMILES string of the molecule is CCNC(CC)C12CC3CC(CC(C3)C1)C2. The minimum Gasteiger partial charge on any atom is -0.314 e. The second kappa shape index (κ2) is 4.01. The van der Waals surface area contributed by atoms with E-state index < -0.39 is 0 Å². The number of hydrogen-bond donors (Lipinski definition) is 1. The zero-order valence-corrected chi connectivity index (χ0v) is 11.0. The van der Waals surface area contributed by atoms with Crippen molar-refractivity contribution in [3.05, 3.63) is 0 Å². The van der Waals surface area contributed by atoms with Gasteiger partial charge in [0.25, 0.3) is 0 Å². The first-order valence-electron chi connectivity index (χ1n) is 7.49. The molecule has 0 saturated heterocycles. The third-order valence-corrected chi connectivity index (χ3v) is 5.68. The van der Waals surface area contributed by atoms with Crippen molar-refractivity contribution < 1.29 is 0 Å². The molecule has 4 fully saturated rings. The van der Waals surface area contributed by atoms with Crippen molar-refractivity contribution in [2.45, 2.75) is 64.8 Å². The molecule has 1 unspecified atom stereocenters. The van der Waals surface area contributed by atoms with E-state index in [-0.39, 0.29) is 0 Å².